The van der Waals surface area contributed by atoms with E-state index in [2.05, 4.69) is 4.90 Å². The number of hydrogen-bond acceptors (Lipinski definition) is 6. The summed E-state index contributed by atoms with van der Waals surface area (Å²) < 4.78 is 30.1. The number of carbonyl (C=O) groups excluding carboxylic acids is 2. The second-order valence-electron chi connectivity index (χ2n) is 8.87. The number of carbonyl (C=O) groups is 2. The van der Waals surface area contributed by atoms with Crippen LogP contribution < -0.4 is 4.74 Å². The number of nitrogens with zero attached hydrogens (tertiary/aromatic N) is 2. The fraction of sp³-hybridized carbons (Fsp3) is 0.310. The van der Waals surface area contributed by atoms with Gasteiger partial charge < -0.3 is 19.1 Å². The highest BCUT2D eigenvalue weighted by molar-refractivity contribution is 5.94. The third-order valence-electron chi connectivity index (χ3n) is 6.45. The molecule has 1 amide bonds. The lowest BCUT2D eigenvalue weighted by Gasteiger charge is -2.36. The Morgan fingerprint density at radius 2 is 1.62 bits per heavy atom. The van der Waals surface area contributed by atoms with Crippen LogP contribution in [0.2, 0.25) is 0 Å². The topological polar surface area (TPSA) is 68.3 Å². The number of methoxy groups -OCH3 is 2. The number of amides is 1. The van der Waals surface area contributed by atoms with E-state index in [0.717, 1.165) is 16.9 Å². The molecule has 0 N–H and O–H groups in total. The molecule has 1 aliphatic rings. The van der Waals surface area contributed by atoms with Crippen molar-refractivity contribution in [2.75, 3.05) is 46.9 Å². The molecule has 0 spiro atoms. The van der Waals surface area contributed by atoms with Crippen LogP contribution in [0.25, 0.3) is 0 Å². The molecule has 194 valence electrons. The monoisotopic (exact) mass is 506 g/mol. The second kappa shape index (κ2) is 12.5. The van der Waals surface area contributed by atoms with E-state index in [-0.39, 0.29) is 18.0 Å². The lowest BCUT2D eigenvalue weighted by atomic mass is 10.1. The first-order valence-corrected chi connectivity index (χ1v) is 12.2. The molecule has 8 heteroatoms. The Bertz CT molecular complexity index is 1210. The highest BCUT2D eigenvalue weighted by atomic mass is 19.1. The zero-order valence-corrected chi connectivity index (χ0v) is 21.1. The summed E-state index contributed by atoms with van der Waals surface area (Å²) in [4.78, 5) is 28.5. The molecule has 3 aromatic carbocycles. The molecule has 1 atom stereocenters. The summed E-state index contributed by atoms with van der Waals surface area (Å²) in [6.07, 6.45) is -0.235. The van der Waals surface area contributed by atoms with Crippen LogP contribution in [0.5, 0.6) is 5.75 Å². The van der Waals surface area contributed by atoms with Crippen LogP contribution in [0.15, 0.2) is 72.8 Å². The van der Waals surface area contributed by atoms with E-state index in [1.54, 1.807) is 36.3 Å². The minimum absolute atomic E-state index is 0.157. The Balaban J connectivity index is 1.40. The van der Waals surface area contributed by atoms with E-state index in [1.807, 2.05) is 36.4 Å². The largest absolute Gasteiger partial charge is 0.497 e. The molecule has 0 unspecified atom stereocenters. The van der Waals surface area contributed by atoms with Crippen LogP contribution in [-0.4, -0.2) is 68.6 Å². The number of halogens is 1. The average molecular weight is 507 g/mol. The molecule has 7 nitrogen and oxygen atoms in total. The second-order valence-corrected chi connectivity index (χ2v) is 8.87. The molecule has 0 aromatic heterocycles. The SMILES string of the molecule is COC(=O)c1ccc(CO[C@H](CN2CCN(C(=O)c3cccc(F)c3)CC2)c2cccc(OC)c2)cc1. The van der Waals surface area contributed by atoms with Crippen molar-refractivity contribution >= 4 is 11.9 Å². The van der Waals surface area contributed by atoms with Crippen molar-refractivity contribution in [3.05, 3.63) is 101 Å². The summed E-state index contributed by atoms with van der Waals surface area (Å²) in [7, 11) is 2.99. The van der Waals surface area contributed by atoms with Gasteiger partial charge in [-0.15, -0.1) is 0 Å². The molecule has 3 aromatic rings. The van der Waals surface area contributed by atoms with Crippen molar-refractivity contribution in [1.29, 1.82) is 0 Å². The van der Waals surface area contributed by atoms with E-state index in [1.165, 1.54) is 19.2 Å². The molecule has 0 bridgehead atoms. The molecule has 1 saturated heterocycles. The minimum Gasteiger partial charge on any atom is -0.497 e. The first-order chi connectivity index (χ1) is 18.0. The van der Waals surface area contributed by atoms with Gasteiger partial charge >= 0.3 is 5.97 Å². The van der Waals surface area contributed by atoms with Gasteiger partial charge in [0.2, 0.25) is 0 Å². The number of piperazine rings is 1. The van der Waals surface area contributed by atoms with Gasteiger partial charge in [0.05, 0.1) is 32.5 Å². The van der Waals surface area contributed by atoms with E-state index >= 15 is 0 Å². The van der Waals surface area contributed by atoms with Gasteiger partial charge in [0.25, 0.3) is 5.91 Å². The fourth-order valence-corrected chi connectivity index (χ4v) is 4.32. The molecule has 1 fully saturated rings. The molecular formula is C29H31FN2O5. The molecule has 1 aliphatic heterocycles. The van der Waals surface area contributed by atoms with Gasteiger partial charge in [-0.05, 0) is 53.6 Å². The summed E-state index contributed by atoms with van der Waals surface area (Å²) >= 11 is 0. The lowest BCUT2D eigenvalue weighted by Crippen LogP contribution is -2.49. The predicted octanol–water partition coefficient (Wildman–Crippen LogP) is 4.34. The molecular weight excluding hydrogens is 475 g/mol. The summed E-state index contributed by atoms with van der Waals surface area (Å²) in [6.45, 7) is 3.46. The van der Waals surface area contributed by atoms with Crippen molar-refractivity contribution in [2.24, 2.45) is 0 Å². The molecule has 0 saturated carbocycles. The van der Waals surface area contributed by atoms with Crippen LogP contribution in [0.1, 0.15) is 37.9 Å². The van der Waals surface area contributed by atoms with Crippen LogP contribution in [-0.2, 0) is 16.1 Å². The van der Waals surface area contributed by atoms with Gasteiger partial charge in [-0.25, -0.2) is 9.18 Å². The number of benzene rings is 3. The van der Waals surface area contributed by atoms with E-state index in [0.29, 0.717) is 50.5 Å². The fourth-order valence-electron chi connectivity index (χ4n) is 4.32. The summed E-state index contributed by atoms with van der Waals surface area (Å²) in [5, 5.41) is 0. The molecule has 1 heterocycles. The van der Waals surface area contributed by atoms with E-state index in [4.69, 9.17) is 14.2 Å². The Morgan fingerprint density at radius 1 is 0.892 bits per heavy atom. The predicted molar refractivity (Wildman–Crippen MR) is 137 cm³/mol. The maximum atomic E-state index is 13.6. The smallest absolute Gasteiger partial charge is 0.337 e. The van der Waals surface area contributed by atoms with Crippen molar-refractivity contribution < 1.29 is 28.2 Å². The maximum absolute atomic E-state index is 13.6. The van der Waals surface area contributed by atoms with Crippen molar-refractivity contribution in [2.45, 2.75) is 12.7 Å². The van der Waals surface area contributed by atoms with E-state index < -0.39 is 5.82 Å². The van der Waals surface area contributed by atoms with Crippen LogP contribution >= 0.6 is 0 Å². The summed E-state index contributed by atoms with van der Waals surface area (Å²) in [5.41, 5.74) is 2.78. The third-order valence-corrected chi connectivity index (χ3v) is 6.45. The van der Waals surface area contributed by atoms with Crippen LogP contribution in [0.4, 0.5) is 4.39 Å². The van der Waals surface area contributed by atoms with Gasteiger partial charge in [-0.2, -0.15) is 0 Å². The first kappa shape index (κ1) is 26.3. The molecule has 37 heavy (non-hydrogen) atoms. The normalized spacial score (nSPS) is 14.7. The average Bonchev–Trinajstić information content (AvgIpc) is 2.95. The molecule has 0 aliphatic carbocycles. The number of ether oxygens (including phenoxy) is 3. The summed E-state index contributed by atoms with van der Waals surface area (Å²) in [6, 6.07) is 20.8. The highest BCUT2D eigenvalue weighted by Crippen LogP contribution is 2.25. The van der Waals surface area contributed by atoms with Gasteiger partial charge in [0.1, 0.15) is 11.6 Å². The van der Waals surface area contributed by atoms with E-state index in [9.17, 15) is 14.0 Å². The Hall–Kier alpha value is -3.75. The zero-order valence-electron chi connectivity index (χ0n) is 21.1. The van der Waals surface area contributed by atoms with Crippen molar-refractivity contribution in [3.63, 3.8) is 0 Å². The number of rotatable bonds is 9. The van der Waals surface area contributed by atoms with Gasteiger partial charge in [0, 0.05) is 38.3 Å². The Labute approximate surface area is 216 Å². The third kappa shape index (κ3) is 6.93. The molecule has 0 radical (unpaired) electrons. The Kier molecular flexibility index (Phi) is 8.87. The van der Waals surface area contributed by atoms with Crippen LogP contribution in [0.3, 0.4) is 0 Å². The van der Waals surface area contributed by atoms with Gasteiger partial charge in [0.15, 0.2) is 0 Å². The highest BCUT2D eigenvalue weighted by Gasteiger charge is 2.25. The minimum atomic E-state index is -0.414. The van der Waals surface area contributed by atoms with Crippen molar-refractivity contribution in [1.82, 2.24) is 9.80 Å². The van der Waals surface area contributed by atoms with Gasteiger partial charge in [-0.3, -0.25) is 9.69 Å². The first-order valence-electron chi connectivity index (χ1n) is 12.2. The van der Waals surface area contributed by atoms with Crippen molar-refractivity contribution in [3.8, 4) is 5.75 Å². The summed E-state index contributed by atoms with van der Waals surface area (Å²) in [5.74, 6) is -0.200. The van der Waals surface area contributed by atoms with Gasteiger partial charge in [-0.1, -0.05) is 30.3 Å². The maximum Gasteiger partial charge on any atom is 0.337 e. The standard InChI is InChI=1S/C29H31FN2O5/c1-35-26-8-4-5-23(18-26)27(37-20-21-9-11-22(12-10-21)29(34)36-2)19-31-13-15-32(16-14-31)28(33)24-6-3-7-25(30)17-24/h3-12,17-18,27H,13-16,19-20H2,1-2H3/t27-/m1/s1. The molecule has 4 rings (SSSR count). The number of hydrogen-bond donors (Lipinski definition) is 0. The quantitative estimate of drug-likeness (QED) is 0.403. The zero-order chi connectivity index (χ0) is 26.2. The van der Waals surface area contributed by atoms with Crippen LogP contribution in [0, 0.1) is 5.82 Å². The lowest BCUT2D eigenvalue weighted by molar-refractivity contribution is 0.00331. The Morgan fingerprint density at radius 3 is 2.30 bits per heavy atom. The number of esters is 1.